The van der Waals surface area contributed by atoms with Crippen LogP contribution in [0.5, 0.6) is 0 Å². The number of aryl methyl sites for hydroxylation is 1. The number of anilines is 1. The van der Waals surface area contributed by atoms with E-state index in [-0.39, 0.29) is 12.5 Å². The Balaban J connectivity index is 1.28. The van der Waals surface area contributed by atoms with E-state index in [0.717, 1.165) is 33.6 Å². The van der Waals surface area contributed by atoms with Crippen molar-refractivity contribution in [2.45, 2.75) is 26.4 Å². The van der Waals surface area contributed by atoms with E-state index < -0.39 is 11.7 Å². The fourth-order valence-corrected chi connectivity index (χ4v) is 4.64. The van der Waals surface area contributed by atoms with Gasteiger partial charge in [-0.15, -0.1) is 0 Å². The Bertz CT molecular complexity index is 1580. The highest BCUT2D eigenvalue weighted by molar-refractivity contribution is 5.87. The smallest absolute Gasteiger partial charge is 0.408 e. The molecule has 0 bridgehead atoms. The third-order valence-electron chi connectivity index (χ3n) is 6.57. The van der Waals surface area contributed by atoms with Crippen molar-refractivity contribution >= 4 is 23.3 Å². The number of fused-ring (bicyclic) bond motifs is 1. The maximum absolute atomic E-state index is 12.6. The molecule has 12 heteroatoms. The lowest BCUT2D eigenvalue weighted by molar-refractivity contribution is -0.130. The average molecular weight is 542 g/mol. The maximum Gasteiger partial charge on any atom is 0.408 e. The first-order valence-electron chi connectivity index (χ1n) is 13.0. The number of amides is 2. The van der Waals surface area contributed by atoms with Gasteiger partial charge in [-0.25, -0.2) is 14.3 Å². The van der Waals surface area contributed by atoms with Crippen molar-refractivity contribution in [1.29, 1.82) is 5.26 Å². The normalized spacial score (nSPS) is 13.8. The Kier molecular flexibility index (Phi) is 7.13. The van der Waals surface area contributed by atoms with Crippen molar-refractivity contribution in [2.24, 2.45) is 7.05 Å². The lowest BCUT2D eigenvalue weighted by Gasteiger charge is -2.35. The van der Waals surface area contributed by atoms with Gasteiger partial charge in [0.05, 0.1) is 23.5 Å². The summed E-state index contributed by atoms with van der Waals surface area (Å²) in [6, 6.07) is 8.20. The number of alkyl carbamates (subject to hydrolysis) is 1. The summed E-state index contributed by atoms with van der Waals surface area (Å²) in [5, 5.41) is 20.9. The molecule has 206 valence electrons. The number of pyridine rings is 2. The van der Waals surface area contributed by atoms with Crippen molar-refractivity contribution in [1.82, 2.24) is 34.6 Å². The molecule has 0 saturated carbocycles. The Labute approximate surface area is 231 Å². The van der Waals surface area contributed by atoms with Crippen molar-refractivity contribution in [2.75, 3.05) is 37.6 Å². The lowest BCUT2D eigenvalue weighted by atomic mass is 10.0. The summed E-state index contributed by atoms with van der Waals surface area (Å²) in [4.78, 5) is 33.0. The molecule has 0 atom stereocenters. The summed E-state index contributed by atoms with van der Waals surface area (Å²) < 4.78 is 8.65. The predicted molar refractivity (Wildman–Crippen MR) is 148 cm³/mol. The minimum atomic E-state index is -0.619. The van der Waals surface area contributed by atoms with Gasteiger partial charge in [0, 0.05) is 74.1 Å². The second-order valence-corrected chi connectivity index (χ2v) is 10.6. The molecule has 1 fully saturated rings. The number of nitriles is 1. The van der Waals surface area contributed by atoms with Gasteiger partial charge < -0.3 is 19.9 Å². The van der Waals surface area contributed by atoms with E-state index in [4.69, 9.17) is 9.72 Å². The molecule has 5 rings (SSSR count). The highest BCUT2D eigenvalue weighted by atomic mass is 16.6. The molecule has 0 aromatic carbocycles. The maximum atomic E-state index is 12.6. The van der Waals surface area contributed by atoms with Crippen molar-refractivity contribution in [3.05, 3.63) is 54.7 Å². The zero-order valence-corrected chi connectivity index (χ0v) is 23.0. The first kappa shape index (κ1) is 26.7. The molecule has 1 aliphatic heterocycles. The summed E-state index contributed by atoms with van der Waals surface area (Å²) in [5.74, 6) is 0.650. The minimum Gasteiger partial charge on any atom is -0.444 e. The molecule has 0 radical (unpaired) electrons. The van der Waals surface area contributed by atoms with Crippen LogP contribution in [0.15, 0.2) is 49.2 Å². The molecule has 0 unspecified atom stereocenters. The fourth-order valence-electron chi connectivity index (χ4n) is 4.64. The summed E-state index contributed by atoms with van der Waals surface area (Å²) in [5.41, 5.74) is 4.16. The van der Waals surface area contributed by atoms with Crippen LogP contribution in [0.2, 0.25) is 0 Å². The van der Waals surface area contributed by atoms with Crippen LogP contribution in [-0.2, 0) is 16.6 Å². The molecule has 4 aromatic heterocycles. The summed E-state index contributed by atoms with van der Waals surface area (Å²) >= 11 is 0. The number of nitrogens with one attached hydrogen (secondary N) is 1. The largest absolute Gasteiger partial charge is 0.444 e. The molecule has 1 N–H and O–H groups in total. The van der Waals surface area contributed by atoms with Crippen molar-refractivity contribution < 1.29 is 14.3 Å². The molecule has 1 saturated heterocycles. The second-order valence-electron chi connectivity index (χ2n) is 10.6. The number of rotatable bonds is 5. The Morgan fingerprint density at radius 3 is 2.42 bits per heavy atom. The number of carbonyl (C=O) groups is 2. The first-order valence-corrected chi connectivity index (χ1v) is 13.0. The van der Waals surface area contributed by atoms with Gasteiger partial charge in [0.25, 0.3) is 0 Å². The third-order valence-corrected chi connectivity index (χ3v) is 6.57. The second kappa shape index (κ2) is 10.7. The molecule has 12 nitrogen and oxygen atoms in total. The van der Waals surface area contributed by atoms with Gasteiger partial charge >= 0.3 is 6.09 Å². The van der Waals surface area contributed by atoms with E-state index in [0.29, 0.717) is 31.7 Å². The quantitative estimate of drug-likeness (QED) is 0.408. The number of hydrogen-bond donors (Lipinski definition) is 1. The summed E-state index contributed by atoms with van der Waals surface area (Å²) in [7, 11) is 1.87. The monoisotopic (exact) mass is 541 g/mol. The van der Waals surface area contributed by atoms with Crippen LogP contribution in [0.3, 0.4) is 0 Å². The van der Waals surface area contributed by atoms with Crippen LogP contribution < -0.4 is 10.2 Å². The minimum absolute atomic E-state index is 0.103. The average Bonchev–Trinajstić information content (AvgIpc) is 3.56. The molecule has 1 aliphatic rings. The lowest BCUT2D eigenvalue weighted by Crippen LogP contribution is -2.51. The van der Waals surface area contributed by atoms with Gasteiger partial charge in [0.1, 0.15) is 24.0 Å². The Hall–Kier alpha value is -4.92. The summed E-state index contributed by atoms with van der Waals surface area (Å²) in [6.45, 7) is 7.49. The van der Waals surface area contributed by atoms with Crippen molar-refractivity contribution in [3.63, 3.8) is 0 Å². The van der Waals surface area contributed by atoms with Crippen LogP contribution in [0.4, 0.5) is 10.6 Å². The predicted octanol–water partition coefficient (Wildman–Crippen LogP) is 2.84. The van der Waals surface area contributed by atoms with Crippen LogP contribution in [0.1, 0.15) is 26.3 Å². The number of aromatic nitrogens is 5. The standard InChI is InChI=1S/C28H31N9O3/c1-28(2,3)40-27(39)31-16-25(38)36-9-7-35(8-10-36)24-6-5-19(13-30-24)23-11-20(22-15-32-34(4)17-22)18-37-26(23)21(12-29)14-33-37/h5-6,11,13-15,17-18H,7-10,16H2,1-4H3,(H,31,39). The van der Waals surface area contributed by atoms with Crippen LogP contribution in [-0.4, -0.2) is 79.6 Å². The van der Waals surface area contributed by atoms with E-state index in [9.17, 15) is 14.9 Å². The van der Waals surface area contributed by atoms with Gasteiger partial charge in [-0.3, -0.25) is 9.48 Å². The van der Waals surface area contributed by atoms with Crippen LogP contribution in [0, 0.1) is 11.3 Å². The molecule has 5 heterocycles. The highest BCUT2D eigenvalue weighted by Gasteiger charge is 2.24. The number of piperazine rings is 1. The van der Waals surface area contributed by atoms with Crippen LogP contribution in [0.25, 0.3) is 27.8 Å². The van der Waals surface area contributed by atoms with Gasteiger partial charge in [-0.05, 0) is 39.0 Å². The zero-order chi connectivity index (χ0) is 28.4. The number of nitrogens with zero attached hydrogens (tertiary/aromatic N) is 8. The van der Waals surface area contributed by atoms with Gasteiger partial charge in [0.15, 0.2) is 0 Å². The number of hydrogen-bond acceptors (Lipinski definition) is 8. The fraction of sp³-hybridized carbons (Fsp3) is 0.357. The van der Waals surface area contributed by atoms with E-state index in [1.165, 1.54) is 0 Å². The van der Waals surface area contributed by atoms with E-state index in [1.54, 1.807) is 53.5 Å². The van der Waals surface area contributed by atoms with Gasteiger partial charge in [-0.1, -0.05) is 0 Å². The molecular formula is C28H31N9O3. The van der Waals surface area contributed by atoms with Gasteiger partial charge in [-0.2, -0.15) is 15.5 Å². The topological polar surface area (TPSA) is 134 Å². The molecule has 2 amide bonds. The van der Waals surface area contributed by atoms with Crippen molar-refractivity contribution in [3.8, 4) is 28.3 Å². The summed E-state index contributed by atoms with van der Waals surface area (Å²) in [6.07, 6.45) is 8.37. The van der Waals surface area contributed by atoms with E-state index >= 15 is 0 Å². The number of ether oxygens (including phenoxy) is 1. The Morgan fingerprint density at radius 1 is 1.02 bits per heavy atom. The SMILES string of the molecule is Cn1cc(-c2cc(-c3ccc(N4CCN(C(=O)CNC(=O)OC(C)(C)C)CC4)nc3)c3c(C#N)cnn3c2)cn1. The first-order chi connectivity index (χ1) is 19.1. The Morgan fingerprint density at radius 2 is 1.80 bits per heavy atom. The molecule has 0 spiro atoms. The van der Waals surface area contributed by atoms with Crippen LogP contribution >= 0.6 is 0 Å². The third kappa shape index (κ3) is 5.73. The van der Waals surface area contributed by atoms with E-state index in [2.05, 4.69) is 26.5 Å². The molecular weight excluding hydrogens is 510 g/mol. The molecule has 0 aliphatic carbocycles. The molecule has 4 aromatic rings. The zero-order valence-electron chi connectivity index (χ0n) is 23.0. The number of carbonyl (C=O) groups excluding carboxylic acids is 2. The van der Waals surface area contributed by atoms with E-state index in [1.807, 2.05) is 37.6 Å². The van der Waals surface area contributed by atoms with Gasteiger partial charge in [0.2, 0.25) is 5.91 Å². The highest BCUT2D eigenvalue weighted by Crippen LogP contribution is 2.32. The molecule has 40 heavy (non-hydrogen) atoms.